The predicted octanol–water partition coefficient (Wildman–Crippen LogP) is 4.22. The molecule has 1 nitrogen and oxygen atoms in total. The molecule has 1 unspecified atom stereocenters. The van der Waals surface area contributed by atoms with Crippen molar-refractivity contribution in [2.45, 2.75) is 19.9 Å². The molecule has 0 radical (unpaired) electrons. The van der Waals surface area contributed by atoms with E-state index in [4.69, 9.17) is 0 Å². The molecule has 0 amide bonds. The fourth-order valence-electron chi connectivity index (χ4n) is 1.88. The van der Waals surface area contributed by atoms with Crippen molar-refractivity contribution in [1.29, 1.82) is 0 Å². The van der Waals surface area contributed by atoms with Crippen molar-refractivity contribution in [1.82, 2.24) is 5.32 Å². The minimum Gasteiger partial charge on any atom is -0.310 e. The largest absolute Gasteiger partial charge is 0.310 e. The van der Waals surface area contributed by atoms with E-state index in [9.17, 15) is 4.39 Å². The topological polar surface area (TPSA) is 12.0 Å². The summed E-state index contributed by atoms with van der Waals surface area (Å²) in [6.45, 7) is 5.07. The fraction of sp³-hybridized carbons (Fsp3) is 0.286. The van der Waals surface area contributed by atoms with Gasteiger partial charge in [-0.25, -0.2) is 4.39 Å². The van der Waals surface area contributed by atoms with Gasteiger partial charge in [-0.05, 0) is 53.6 Å². The van der Waals surface area contributed by atoms with Crippen LogP contribution in [0.5, 0.6) is 0 Å². The Morgan fingerprint density at radius 1 is 1.35 bits per heavy atom. The minimum absolute atomic E-state index is 0.157. The van der Waals surface area contributed by atoms with Gasteiger partial charge in [-0.15, -0.1) is 0 Å². The van der Waals surface area contributed by atoms with Gasteiger partial charge in [-0.2, -0.15) is 11.3 Å². The van der Waals surface area contributed by atoms with Crippen LogP contribution in [0.3, 0.4) is 0 Å². The first kappa shape index (κ1) is 12.3. The van der Waals surface area contributed by atoms with Gasteiger partial charge in [-0.1, -0.05) is 13.0 Å². The van der Waals surface area contributed by atoms with Gasteiger partial charge in [-0.3, -0.25) is 0 Å². The summed E-state index contributed by atoms with van der Waals surface area (Å²) >= 11 is 1.59. The first-order chi connectivity index (χ1) is 8.22. The third-order valence-corrected chi connectivity index (χ3v) is 3.52. The molecule has 1 heterocycles. The van der Waals surface area contributed by atoms with Gasteiger partial charge in [0.2, 0.25) is 0 Å². The van der Waals surface area contributed by atoms with Crippen molar-refractivity contribution in [3.8, 4) is 11.1 Å². The zero-order valence-corrected chi connectivity index (χ0v) is 10.9. The number of halogens is 1. The maximum absolute atomic E-state index is 13.8. The molecule has 17 heavy (non-hydrogen) atoms. The van der Waals surface area contributed by atoms with Crippen molar-refractivity contribution < 1.29 is 4.39 Å². The lowest BCUT2D eigenvalue weighted by atomic mass is 10.0. The zero-order valence-electron chi connectivity index (χ0n) is 10.0. The molecule has 0 aliphatic rings. The van der Waals surface area contributed by atoms with Gasteiger partial charge in [0.1, 0.15) is 5.82 Å². The summed E-state index contributed by atoms with van der Waals surface area (Å²) in [5, 5.41) is 7.27. The number of benzene rings is 1. The molecule has 3 heteroatoms. The highest BCUT2D eigenvalue weighted by Gasteiger charge is 2.10. The van der Waals surface area contributed by atoms with Crippen LogP contribution in [0.25, 0.3) is 11.1 Å². The van der Waals surface area contributed by atoms with Crippen molar-refractivity contribution >= 4 is 11.3 Å². The minimum atomic E-state index is -0.157. The van der Waals surface area contributed by atoms with Crippen LogP contribution < -0.4 is 5.32 Å². The Bertz CT molecular complexity index is 479. The Kier molecular flexibility index (Phi) is 3.92. The van der Waals surface area contributed by atoms with Crippen LogP contribution in [-0.4, -0.2) is 6.54 Å². The smallest absolute Gasteiger partial charge is 0.131 e. The van der Waals surface area contributed by atoms with Gasteiger partial charge in [0.25, 0.3) is 0 Å². The predicted molar refractivity (Wildman–Crippen MR) is 71.8 cm³/mol. The lowest BCUT2D eigenvalue weighted by Gasteiger charge is -2.14. The Hall–Kier alpha value is -1.19. The summed E-state index contributed by atoms with van der Waals surface area (Å²) in [7, 11) is 0. The second-order valence-corrected chi connectivity index (χ2v) is 4.81. The van der Waals surface area contributed by atoms with E-state index >= 15 is 0 Å². The molecule has 2 aromatic rings. The third-order valence-electron chi connectivity index (χ3n) is 2.83. The number of nitrogens with one attached hydrogen (secondary N) is 1. The molecule has 0 saturated heterocycles. The summed E-state index contributed by atoms with van der Waals surface area (Å²) in [4.78, 5) is 0. The van der Waals surface area contributed by atoms with Crippen molar-refractivity contribution in [2.24, 2.45) is 0 Å². The van der Waals surface area contributed by atoms with E-state index in [-0.39, 0.29) is 11.9 Å². The van der Waals surface area contributed by atoms with E-state index in [1.807, 2.05) is 29.0 Å². The summed E-state index contributed by atoms with van der Waals surface area (Å²) in [6.07, 6.45) is 0. The van der Waals surface area contributed by atoms with Crippen LogP contribution in [0, 0.1) is 5.82 Å². The maximum Gasteiger partial charge on any atom is 0.131 e. The van der Waals surface area contributed by atoms with Crippen LogP contribution in [-0.2, 0) is 0 Å². The number of rotatable bonds is 4. The average molecular weight is 249 g/mol. The lowest BCUT2D eigenvalue weighted by molar-refractivity contribution is 0.593. The summed E-state index contributed by atoms with van der Waals surface area (Å²) in [6, 6.07) is 7.53. The van der Waals surface area contributed by atoms with Crippen LogP contribution in [0.15, 0.2) is 35.0 Å². The second-order valence-electron chi connectivity index (χ2n) is 4.03. The molecule has 0 spiro atoms. The Labute approximate surface area is 105 Å². The number of hydrogen-bond donors (Lipinski definition) is 1. The third kappa shape index (κ3) is 2.73. The Morgan fingerprint density at radius 2 is 2.18 bits per heavy atom. The van der Waals surface area contributed by atoms with E-state index in [0.717, 1.165) is 17.7 Å². The van der Waals surface area contributed by atoms with E-state index in [1.54, 1.807) is 17.4 Å². The molecule has 1 aromatic heterocycles. The molecule has 0 aliphatic heterocycles. The molecule has 1 atom stereocenters. The Balaban J connectivity index is 2.36. The van der Waals surface area contributed by atoms with Gasteiger partial charge >= 0.3 is 0 Å². The second kappa shape index (κ2) is 5.43. The van der Waals surface area contributed by atoms with Gasteiger partial charge < -0.3 is 5.32 Å². The van der Waals surface area contributed by atoms with E-state index in [0.29, 0.717) is 5.56 Å². The van der Waals surface area contributed by atoms with Crippen LogP contribution in [0.2, 0.25) is 0 Å². The van der Waals surface area contributed by atoms with Crippen molar-refractivity contribution in [3.05, 3.63) is 46.4 Å². The van der Waals surface area contributed by atoms with Gasteiger partial charge in [0, 0.05) is 11.6 Å². The lowest BCUT2D eigenvalue weighted by Crippen LogP contribution is -2.17. The van der Waals surface area contributed by atoms with Crippen molar-refractivity contribution in [2.75, 3.05) is 6.54 Å². The van der Waals surface area contributed by atoms with E-state index in [1.165, 1.54) is 0 Å². The molecule has 0 bridgehead atoms. The Morgan fingerprint density at radius 3 is 2.82 bits per heavy atom. The number of hydrogen-bond acceptors (Lipinski definition) is 2. The van der Waals surface area contributed by atoms with E-state index < -0.39 is 0 Å². The average Bonchev–Trinajstić information content (AvgIpc) is 2.83. The molecule has 0 fully saturated rings. The normalized spacial score (nSPS) is 12.6. The molecule has 1 N–H and O–H groups in total. The summed E-state index contributed by atoms with van der Waals surface area (Å²) in [5.41, 5.74) is 2.76. The van der Waals surface area contributed by atoms with Gasteiger partial charge in [0.05, 0.1) is 0 Å². The molecular formula is C14H16FNS. The van der Waals surface area contributed by atoms with Crippen LogP contribution >= 0.6 is 11.3 Å². The SMILES string of the molecule is CCNC(C)c1ccc(F)c(-c2ccsc2)c1. The fourth-order valence-corrected chi connectivity index (χ4v) is 2.53. The van der Waals surface area contributed by atoms with Crippen LogP contribution in [0.1, 0.15) is 25.5 Å². The molecule has 90 valence electrons. The molecule has 0 aliphatic carbocycles. The monoisotopic (exact) mass is 249 g/mol. The molecular weight excluding hydrogens is 233 g/mol. The highest BCUT2D eigenvalue weighted by atomic mass is 32.1. The molecule has 0 saturated carbocycles. The van der Waals surface area contributed by atoms with E-state index in [2.05, 4.69) is 19.2 Å². The summed E-state index contributed by atoms with van der Waals surface area (Å²) < 4.78 is 13.8. The first-order valence-electron chi connectivity index (χ1n) is 5.77. The van der Waals surface area contributed by atoms with Gasteiger partial charge in [0.15, 0.2) is 0 Å². The highest BCUT2D eigenvalue weighted by molar-refractivity contribution is 7.08. The highest BCUT2D eigenvalue weighted by Crippen LogP contribution is 2.27. The molecule has 2 rings (SSSR count). The molecule has 1 aromatic carbocycles. The van der Waals surface area contributed by atoms with Crippen molar-refractivity contribution in [3.63, 3.8) is 0 Å². The first-order valence-corrected chi connectivity index (χ1v) is 6.72. The maximum atomic E-state index is 13.8. The zero-order chi connectivity index (χ0) is 12.3. The standard InChI is InChI=1S/C14H16FNS/c1-3-16-10(2)11-4-5-14(15)13(8-11)12-6-7-17-9-12/h4-10,16H,3H2,1-2H3. The quantitative estimate of drug-likeness (QED) is 0.855. The van der Waals surface area contributed by atoms with Crippen LogP contribution in [0.4, 0.5) is 4.39 Å². The summed E-state index contributed by atoms with van der Waals surface area (Å²) in [5.74, 6) is -0.157. The number of thiophene rings is 1.